The Morgan fingerprint density at radius 2 is 0.574 bits per heavy atom. The number of rotatable bonds is 33. The second-order valence-corrected chi connectivity index (χ2v) is 37.5. The number of hydrogen-bond donors (Lipinski definition) is 10. The van der Waals surface area contributed by atoms with Crippen LogP contribution in [0.4, 0.5) is 0 Å². The summed E-state index contributed by atoms with van der Waals surface area (Å²) in [4.78, 5) is 64.0. The van der Waals surface area contributed by atoms with E-state index < -0.39 is 0 Å². The fourth-order valence-electron chi connectivity index (χ4n) is 14.0. The minimum absolute atomic E-state index is 0.0232. The average Bonchev–Trinajstić information content (AvgIpc) is 1.64. The molecule has 0 aliphatic heterocycles. The minimum Gasteiger partial charge on any atom is -0.292 e. The number of imidazole rings is 5. The Balaban J connectivity index is 0.000000166. The van der Waals surface area contributed by atoms with Crippen LogP contribution in [0.1, 0.15) is 121 Å². The van der Waals surface area contributed by atoms with Crippen molar-refractivity contribution in [1.29, 1.82) is 0 Å². The van der Waals surface area contributed by atoms with E-state index in [1.165, 1.54) is 16.7 Å². The highest BCUT2D eigenvalue weighted by Gasteiger charge is 2.22. The van der Waals surface area contributed by atoms with Gasteiger partial charge in [-0.1, -0.05) is 169 Å². The average molecular weight is 1740 g/mol. The lowest BCUT2D eigenvalue weighted by molar-refractivity contribution is 0.518. The smallest absolute Gasteiger partial charge is 0.292 e. The van der Waals surface area contributed by atoms with E-state index in [0.717, 1.165) is 189 Å². The molecule has 0 bridgehead atoms. The summed E-state index contributed by atoms with van der Waals surface area (Å²) in [6.07, 6.45) is 8.96. The molecule has 0 aliphatic carbocycles. The van der Waals surface area contributed by atoms with E-state index in [2.05, 4.69) is 266 Å². The van der Waals surface area contributed by atoms with E-state index in [-0.39, 0.29) is 37.9 Å². The van der Waals surface area contributed by atoms with Gasteiger partial charge in [0.15, 0.2) is 0 Å². The second-order valence-electron chi connectivity index (χ2n) is 30.6. The van der Waals surface area contributed by atoms with Crippen molar-refractivity contribution in [2.75, 3.05) is 34.5 Å². The molecular weight excluding hydrogens is 1620 g/mol. The molecule has 0 aliphatic rings. The van der Waals surface area contributed by atoms with Crippen LogP contribution in [0.15, 0.2) is 212 Å². The Morgan fingerprint density at radius 3 is 0.904 bits per heavy atom. The molecule has 0 saturated heterocycles. The maximum atomic E-state index is 13.3. The van der Waals surface area contributed by atoms with E-state index in [4.69, 9.17) is 0 Å². The molecule has 15 nitrogen and oxygen atoms in total. The topological polar surface area (TPSA) is 135 Å². The first-order valence-corrected chi connectivity index (χ1v) is 45.6. The number of nitrogens with zero attached hydrogens (tertiary/aromatic N) is 10. The van der Waals surface area contributed by atoms with Crippen LogP contribution in [0.3, 0.4) is 0 Å². The highest BCUT2D eigenvalue weighted by molar-refractivity contribution is 7.82. The number of aryl methyl sites for hydroxylation is 11. The van der Waals surface area contributed by atoms with Crippen LogP contribution in [0, 0.1) is 6.92 Å². The van der Waals surface area contributed by atoms with Crippen LogP contribution >= 0.6 is 126 Å². The normalized spacial score (nSPS) is 12.2. The summed E-state index contributed by atoms with van der Waals surface area (Å²) in [7, 11) is 0. The van der Waals surface area contributed by atoms with Gasteiger partial charge in [0.2, 0.25) is 0 Å². The molecule has 13 rings (SSSR count). The third-order valence-corrected chi connectivity index (χ3v) is 22.9. The van der Waals surface area contributed by atoms with Gasteiger partial charge in [-0.3, -0.25) is 45.7 Å². The highest BCUT2D eigenvalue weighted by atomic mass is 32.1. The molecule has 115 heavy (non-hydrogen) atoms. The zero-order chi connectivity index (χ0) is 82.9. The van der Waals surface area contributed by atoms with Gasteiger partial charge in [0, 0.05) is 72.4 Å². The molecule has 0 spiro atoms. The van der Waals surface area contributed by atoms with Gasteiger partial charge in [-0.25, -0.2) is 24.0 Å². The molecule has 13 aromatic rings. The standard InChI is InChI=1S/C25H26N2OS2.C19H22N2OS2.C17H26N2OS2.C15H22N2OS2.C14H20N2OS2/c28-25-26(17-21-9-5-19(6-10-21)13-15-29)23-3-1-2-4-24(23)27(25)18-22-11-7-20(8-12-22)14-16-30;22-19-20(10-4-12-23)17-9-8-16(15-6-2-1-3-7-15)14-18(17)21(19)11-5-13-24;1-16(2,21)9-11-18-13-7-5-6-8-14(13)19(15(18)20)12-10-17(3,4)22;1-11(19)7-9-16-13-5-3-4-6-14(13)17(15(16)18)10-8-12(2)20;1-11-4-5-12-13(10-11)16(7-3-9-19)14(17)15(12)6-2-8-18/h1-12,29-30H,13-18H2;1-3,6-9,14,23-24H,4-5,10-13H2;5-8,21-22H,9-12H2,1-4H3;3-6,11-12,19-20H,7-10H2,1-2H3;4-5,10,18-19H,2-3,6-9H2,1H3. The predicted octanol–water partition coefficient (Wildman–Crippen LogP) is 18.9. The molecule has 25 heteroatoms. The van der Waals surface area contributed by atoms with E-state index in [1.807, 2.05) is 143 Å². The monoisotopic (exact) mass is 1740 g/mol. The summed E-state index contributed by atoms with van der Waals surface area (Å²) < 4.78 is 18.5. The number of aromatic nitrogens is 10. The zero-order valence-electron chi connectivity index (χ0n) is 67.4. The van der Waals surface area contributed by atoms with E-state index in [9.17, 15) is 24.0 Å². The van der Waals surface area contributed by atoms with Gasteiger partial charge in [0.05, 0.1) is 68.3 Å². The van der Waals surface area contributed by atoms with Crippen molar-refractivity contribution in [3.05, 3.63) is 268 Å². The maximum absolute atomic E-state index is 13.3. The van der Waals surface area contributed by atoms with Crippen molar-refractivity contribution >= 4 is 181 Å². The summed E-state index contributed by atoms with van der Waals surface area (Å²) in [5.74, 6) is 4.80. The zero-order valence-corrected chi connectivity index (χ0v) is 76.4. The first-order chi connectivity index (χ1) is 55.2. The van der Waals surface area contributed by atoms with Crippen LogP contribution < -0.4 is 28.4 Å². The lowest BCUT2D eigenvalue weighted by atomic mass is 10.1. The van der Waals surface area contributed by atoms with Gasteiger partial charge in [-0.05, 0) is 205 Å². The van der Waals surface area contributed by atoms with Crippen LogP contribution in [-0.4, -0.2) is 100 Å². The second kappa shape index (κ2) is 45.1. The molecule has 8 aromatic carbocycles. The molecule has 616 valence electrons. The van der Waals surface area contributed by atoms with Gasteiger partial charge in [-0.2, -0.15) is 126 Å². The Kier molecular flexibility index (Phi) is 36.3. The van der Waals surface area contributed by atoms with E-state index in [1.54, 1.807) is 0 Å². The summed E-state index contributed by atoms with van der Waals surface area (Å²) in [6, 6.07) is 63.7. The fourth-order valence-corrected chi connectivity index (χ4v) is 15.5. The Hall–Kier alpha value is -6.39. The van der Waals surface area contributed by atoms with Crippen molar-refractivity contribution in [3.63, 3.8) is 0 Å². The molecule has 5 heterocycles. The fraction of sp³-hybridized carbons (Fsp3) is 0.411. The molecule has 0 fully saturated rings. The Labute approximate surface area is 732 Å². The van der Waals surface area contributed by atoms with Gasteiger partial charge < -0.3 is 0 Å². The first-order valence-electron chi connectivity index (χ1n) is 39.9. The van der Waals surface area contributed by atoms with Crippen molar-refractivity contribution in [2.45, 2.75) is 198 Å². The largest absolute Gasteiger partial charge is 0.329 e. The van der Waals surface area contributed by atoms with Gasteiger partial charge in [0.25, 0.3) is 0 Å². The first kappa shape index (κ1) is 92.5. The molecule has 0 amide bonds. The number of hydrogen-bond acceptors (Lipinski definition) is 15. The Morgan fingerprint density at radius 1 is 0.296 bits per heavy atom. The van der Waals surface area contributed by atoms with E-state index in [0.29, 0.717) is 62.9 Å². The summed E-state index contributed by atoms with van der Waals surface area (Å²) >= 11 is 43.6. The lowest BCUT2D eigenvalue weighted by Gasteiger charge is -2.17. The summed E-state index contributed by atoms with van der Waals surface area (Å²) in [5.41, 5.74) is 18.6. The number of benzene rings is 8. The quantitative estimate of drug-likeness (QED) is 0.0187. The van der Waals surface area contributed by atoms with Crippen molar-refractivity contribution in [2.24, 2.45) is 0 Å². The summed E-state index contributed by atoms with van der Waals surface area (Å²) in [5, 5.41) is 0.586. The third kappa shape index (κ3) is 25.6. The molecule has 2 unspecified atom stereocenters. The molecule has 0 radical (unpaired) electrons. The van der Waals surface area contributed by atoms with Crippen LogP contribution in [0.25, 0.3) is 66.3 Å². The SMILES string of the molecule is CC(C)(S)CCn1c(=O)n(CCC(C)(C)S)c2ccccc21.CC(S)CCn1c(=O)n(CCC(C)S)c2ccccc21.Cc1ccc2c(c1)n(CCCS)c(=O)n2CCCS.O=c1n(CCCS)c2ccc(-c3ccccc3)cc2n1CCCS.O=c1n(Cc2ccc(CCS)cc2)c2ccccc2n1Cc1ccc(CCS)cc1. The summed E-state index contributed by atoms with van der Waals surface area (Å²) in [6.45, 7) is 21.3. The maximum Gasteiger partial charge on any atom is 0.329 e. The molecule has 2 atom stereocenters. The molecule has 0 N–H and O–H groups in total. The van der Waals surface area contributed by atoms with Gasteiger partial charge >= 0.3 is 28.4 Å². The number of fused-ring (bicyclic) bond motifs is 5. The molecule has 0 saturated carbocycles. The minimum atomic E-state index is -0.0876. The third-order valence-electron chi connectivity index (χ3n) is 20.2. The van der Waals surface area contributed by atoms with Crippen molar-refractivity contribution < 1.29 is 0 Å². The van der Waals surface area contributed by atoms with Crippen LogP contribution in [-0.2, 0) is 78.3 Å². The lowest BCUT2D eigenvalue weighted by Crippen LogP contribution is -2.28. The highest BCUT2D eigenvalue weighted by Crippen LogP contribution is 2.28. The van der Waals surface area contributed by atoms with Crippen LogP contribution in [0.5, 0.6) is 0 Å². The molecule has 5 aromatic heterocycles. The van der Waals surface area contributed by atoms with Crippen molar-refractivity contribution in [1.82, 2.24) is 45.7 Å². The Bertz CT molecular complexity index is 5350. The number of thiol groups is 10. The number of para-hydroxylation sites is 6. The van der Waals surface area contributed by atoms with E-state index >= 15 is 0 Å². The van der Waals surface area contributed by atoms with Gasteiger partial charge in [0.1, 0.15) is 0 Å². The predicted molar refractivity (Wildman–Crippen MR) is 523 cm³/mol. The van der Waals surface area contributed by atoms with Gasteiger partial charge in [-0.15, -0.1) is 0 Å². The molecular formula is C90H116N10O5S10. The van der Waals surface area contributed by atoms with Crippen LogP contribution in [0.2, 0.25) is 0 Å². The van der Waals surface area contributed by atoms with Crippen molar-refractivity contribution in [3.8, 4) is 11.1 Å².